The summed E-state index contributed by atoms with van der Waals surface area (Å²) in [6.45, 7) is 7.64. The van der Waals surface area contributed by atoms with Gasteiger partial charge in [-0.1, -0.05) is 67.6 Å². The summed E-state index contributed by atoms with van der Waals surface area (Å²) in [5.41, 5.74) is 4.23. The van der Waals surface area contributed by atoms with Crippen LogP contribution in [0.3, 0.4) is 0 Å². The van der Waals surface area contributed by atoms with Crippen molar-refractivity contribution in [2.75, 3.05) is 18.5 Å². The van der Waals surface area contributed by atoms with Crippen molar-refractivity contribution in [3.8, 4) is 11.4 Å². The Morgan fingerprint density at radius 2 is 1.69 bits per heavy atom. The summed E-state index contributed by atoms with van der Waals surface area (Å²) in [4.78, 5) is 27.6. The Labute approximate surface area is 191 Å². The number of hydrogen-bond acceptors (Lipinski definition) is 4. The summed E-state index contributed by atoms with van der Waals surface area (Å²) in [5.74, 6) is 1.75. The maximum Gasteiger partial charge on any atom is 0.230 e. The van der Waals surface area contributed by atoms with Gasteiger partial charge in [0.25, 0.3) is 0 Å². The summed E-state index contributed by atoms with van der Waals surface area (Å²) >= 11 is 0. The SMILES string of the molecule is CCC(C(=O)N1CCc2nc(-c3ccccc3)nc(N(C)C(C)C)c2C1)c1ccccc1. The van der Waals surface area contributed by atoms with Gasteiger partial charge >= 0.3 is 0 Å². The van der Waals surface area contributed by atoms with Crippen molar-refractivity contribution in [1.29, 1.82) is 0 Å². The van der Waals surface area contributed by atoms with Crippen molar-refractivity contribution in [3.05, 3.63) is 77.5 Å². The van der Waals surface area contributed by atoms with Crippen molar-refractivity contribution in [2.45, 2.75) is 52.1 Å². The molecule has 0 saturated heterocycles. The van der Waals surface area contributed by atoms with Gasteiger partial charge < -0.3 is 9.80 Å². The molecule has 0 radical (unpaired) electrons. The van der Waals surface area contributed by atoms with Gasteiger partial charge in [-0.05, 0) is 25.8 Å². The zero-order chi connectivity index (χ0) is 22.7. The van der Waals surface area contributed by atoms with E-state index in [1.165, 1.54) is 0 Å². The molecule has 1 aliphatic heterocycles. The lowest BCUT2D eigenvalue weighted by Gasteiger charge is -2.34. The fraction of sp³-hybridized carbons (Fsp3) is 0.370. The molecule has 2 heterocycles. The molecular weight excluding hydrogens is 396 g/mol. The average Bonchev–Trinajstić information content (AvgIpc) is 2.84. The van der Waals surface area contributed by atoms with Crippen molar-refractivity contribution < 1.29 is 4.79 Å². The van der Waals surface area contributed by atoms with E-state index in [0.29, 0.717) is 13.1 Å². The van der Waals surface area contributed by atoms with Crippen LogP contribution in [0.15, 0.2) is 60.7 Å². The summed E-state index contributed by atoms with van der Waals surface area (Å²) in [6.07, 6.45) is 1.53. The molecule has 2 aromatic carbocycles. The van der Waals surface area contributed by atoms with Crippen molar-refractivity contribution in [2.24, 2.45) is 0 Å². The number of carbonyl (C=O) groups is 1. The molecule has 166 valence electrons. The zero-order valence-electron chi connectivity index (χ0n) is 19.5. The van der Waals surface area contributed by atoms with Gasteiger partial charge in [0.2, 0.25) is 5.91 Å². The molecule has 0 bridgehead atoms. The molecule has 0 fully saturated rings. The highest BCUT2D eigenvalue weighted by atomic mass is 16.2. The Hall–Kier alpha value is -3.21. The molecule has 0 spiro atoms. The summed E-state index contributed by atoms with van der Waals surface area (Å²) in [7, 11) is 2.07. The maximum absolute atomic E-state index is 13.5. The Bertz CT molecular complexity index is 1070. The Kier molecular flexibility index (Phi) is 6.54. The van der Waals surface area contributed by atoms with Crippen LogP contribution in [0.25, 0.3) is 11.4 Å². The molecule has 4 rings (SSSR count). The lowest BCUT2D eigenvalue weighted by molar-refractivity contribution is -0.133. The first kappa shape index (κ1) is 22.0. The van der Waals surface area contributed by atoms with Gasteiger partial charge in [-0.15, -0.1) is 0 Å². The predicted molar refractivity (Wildman–Crippen MR) is 130 cm³/mol. The monoisotopic (exact) mass is 428 g/mol. The first-order valence-electron chi connectivity index (χ1n) is 11.5. The zero-order valence-corrected chi connectivity index (χ0v) is 19.5. The topological polar surface area (TPSA) is 49.3 Å². The molecule has 0 aliphatic carbocycles. The first-order chi connectivity index (χ1) is 15.5. The number of anilines is 1. The third kappa shape index (κ3) is 4.38. The van der Waals surface area contributed by atoms with Crippen LogP contribution in [0.5, 0.6) is 0 Å². The van der Waals surface area contributed by atoms with E-state index in [0.717, 1.165) is 46.9 Å². The lowest BCUT2D eigenvalue weighted by Crippen LogP contribution is -2.40. The average molecular weight is 429 g/mol. The van der Waals surface area contributed by atoms with Crippen LogP contribution in [0, 0.1) is 0 Å². The highest BCUT2D eigenvalue weighted by Gasteiger charge is 2.31. The summed E-state index contributed by atoms with van der Waals surface area (Å²) in [6, 6.07) is 20.5. The van der Waals surface area contributed by atoms with Crippen molar-refractivity contribution >= 4 is 11.7 Å². The molecule has 1 aliphatic rings. The molecule has 0 saturated carbocycles. The van der Waals surface area contributed by atoms with Crippen LogP contribution in [0.1, 0.15) is 49.9 Å². The van der Waals surface area contributed by atoms with Gasteiger partial charge in [0.15, 0.2) is 5.82 Å². The predicted octanol–water partition coefficient (Wildman–Crippen LogP) is 5.07. The molecule has 3 aromatic rings. The molecule has 1 atom stereocenters. The number of amides is 1. The van der Waals surface area contributed by atoms with E-state index in [1.54, 1.807) is 0 Å². The van der Waals surface area contributed by atoms with Crippen LogP contribution in [-0.4, -0.2) is 40.4 Å². The normalized spacial score (nSPS) is 14.2. The number of carbonyl (C=O) groups excluding carboxylic acids is 1. The van der Waals surface area contributed by atoms with E-state index >= 15 is 0 Å². The first-order valence-corrected chi connectivity index (χ1v) is 11.5. The Morgan fingerprint density at radius 1 is 1.03 bits per heavy atom. The Balaban J connectivity index is 1.69. The molecule has 1 aromatic heterocycles. The smallest absolute Gasteiger partial charge is 0.230 e. The number of hydrogen-bond donors (Lipinski definition) is 0. The maximum atomic E-state index is 13.5. The molecule has 5 heteroatoms. The fourth-order valence-corrected chi connectivity index (χ4v) is 4.30. The number of rotatable bonds is 6. The second-order valence-corrected chi connectivity index (χ2v) is 8.75. The van der Waals surface area contributed by atoms with E-state index in [9.17, 15) is 4.79 Å². The van der Waals surface area contributed by atoms with E-state index in [4.69, 9.17) is 9.97 Å². The standard InChI is InChI=1S/C27H32N4O/c1-5-22(20-12-8-6-9-13-20)27(32)31-17-16-24-23(18-31)26(30(4)19(2)3)29-25(28-24)21-14-10-7-11-15-21/h6-15,19,22H,5,16-18H2,1-4H3. The van der Waals surface area contributed by atoms with Gasteiger partial charge in [-0.2, -0.15) is 0 Å². The third-order valence-corrected chi connectivity index (χ3v) is 6.40. The Morgan fingerprint density at radius 3 is 2.31 bits per heavy atom. The summed E-state index contributed by atoms with van der Waals surface area (Å²) < 4.78 is 0. The molecule has 1 unspecified atom stereocenters. The van der Waals surface area contributed by atoms with E-state index in [2.05, 4.69) is 44.9 Å². The highest BCUT2D eigenvalue weighted by Crippen LogP contribution is 2.32. The van der Waals surface area contributed by atoms with Crippen LogP contribution in [-0.2, 0) is 17.8 Å². The van der Waals surface area contributed by atoms with Gasteiger partial charge in [-0.25, -0.2) is 9.97 Å². The van der Waals surface area contributed by atoms with E-state index in [1.807, 2.05) is 53.4 Å². The minimum absolute atomic E-state index is 0.117. The largest absolute Gasteiger partial charge is 0.357 e. The molecule has 5 nitrogen and oxygen atoms in total. The number of nitrogens with zero attached hydrogens (tertiary/aromatic N) is 4. The van der Waals surface area contributed by atoms with Crippen molar-refractivity contribution in [1.82, 2.24) is 14.9 Å². The molecule has 1 amide bonds. The van der Waals surface area contributed by atoms with Gasteiger partial charge in [-0.3, -0.25) is 4.79 Å². The fourth-order valence-electron chi connectivity index (χ4n) is 4.30. The lowest BCUT2D eigenvalue weighted by atomic mass is 9.93. The number of fused-ring (bicyclic) bond motifs is 1. The third-order valence-electron chi connectivity index (χ3n) is 6.40. The van der Waals surface area contributed by atoms with Crippen LogP contribution >= 0.6 is 0 Å². The number of benzene rings is 2. The van der Waals surface area contributed by atoms with Gasteiger partial charge in [0.05, 0.1) is 18.2 Å². The summed E-state index contributed by atoms with van der Waals surface area (Å²) in [5, 5.41) is 0. The second-order valence-electron chi connectivity index (χ2n) is 8.75. The minimum atomic E-state index is -0.117. The second kappa shape index (κ2) is 9.51. The van der Waals surface area contributed by atoms with Crippen LogP contribution in [0.4, 0.5) is 5.82 Å². The quantitative estimate of drug-likeness (QED) is 0.550. The van der Waals surface area contributed by atoms with Gasteiger partial charge in [0.1, 0.15) is 5.82 Å². The molecular formula is C27H32N4O. The molecule has 0 N–H and O–H groups in total. The van der Waals surface area contributed by atoms with Crippen LogP contribution < -0.4 is 4.90 Å². The number of aromatic nitrogens is 2. The minimum Gasteiger partial charge on any atom is -0.357 e. The molecule has 32 heavy (non-hydrogen) atoms. The van der Waals surface area contributed by atoms with Gasteiger partial charge in [0, 0.05) is 37.2 Å². The highest BCUT2D eigenvalue weighted by molar-refractivity contribution is 5.84. The van der Waals surface area contributed by atoms with Crippen LogP contribution in [0.2, 0.25) is 0 Å². The van der Waals surface area contributed by atoms with E-state index < -0.39 is 0 Å². The van der Waals surface area contributed by atoms with Crippen molar-refractivity contribution in [3.63, 3.8) is 0 Å². The van der Waals surface area contributed by atoms with E-state index in [-0.39, 0.29) is 17.9 Å².